The summed E-state index contributed by atoms with van der Waals surface area (Å²) < 4.78 is 5.77. The first-order chi connectivity index (χ1) is 9.29. The van der Waals surface area contributed by atoms with E-state index in [9.17, 15) is 0 Å². The van der Waals surface area contributed by atoms with Gasteiger partial charge >= 0.3 is 0 Å². The van der Waals surface area contributed by atoms with Gasteiger partial charge in [-0.1, -0.05) is 0 Å². The average Bonchev–Trinajstić information content (AvgIpc) is 3.16. The zero-order chi connectivity index (χ0) is 12.8. The third kappa shape index (κ3) is 2.10. The molecular formula is C15H19N3O. The molecule has 1 N–H and O–H groups in total. The topological polar surface area (TPSA) is 41.2 Å². The van der Waals surface area contributed by atoms with Crippen LogP contribution >= 0.6 is 0 Å². The lowest BCUT2D eigenvalue weighted by molar-refractivity contribution is 0.292. The van der Waals surface area contributed by atoms with E-state index in [0.717, 1.165) is 37.5 Å². The van der Waals surface area contributed by atoms with Crippen LogP contribution in [-0.2, 0) is 12.8 Å². The highest BCUT2D eigenvalue weighted by atomic mass is 16.5. The lowest BCUT2D eigenvalue weighted by atomic mass is 10.1. The Balaban J connectivity index is 1.72. The van der Waals surface area contributed by atoms with E-state index >= 15 is 0 Å². The molecule has 4 heteroatoms. The number of aromatic amines is 1. The van der Waals surface area contributed by atoms with Crippen LogP contribution in [0.25, 0.3) is 11.0 Å². The number of hydrogen-bond donors (Lipinski definition) is 1. The lowest BCUT2D eigenvalue weighted by Gasteiger charge is -2.11. The zero-order valence-corrected chi connectivity index (χ0v) is 11.3. The van der Waals surface area contributed by atoms with E-state index < -0.39 is 0 Å². The summed E-state index contributed by atoms with van der Waals surface area (Å²) in [5.74, 6) is 0.767. The highest BCUT2D eigenvalue weighted by Crippen LogP contribution is 2.29. The molecule has 1 aliphatic heterocycles. The number of rotatable bonds is 2. The van der Waals surface area contributed by atoms with Crippen LogP contribution in [0.3, 0.4) is 0 Å². The summed E-state index contributed by atoms with van der Waals surface area (Å²) in [6.45, 7) is 2.24. The fourth-order valence-electron chi connectivity index (χ4n) is 2.80. The second kappa shape index (κ2) is 4.23. The first kappa shape index (κ1) is 11.3. The molecule has 2 aromatic rings. The number of hydrogen-bond acceptors (Lipinski definition) is 3. The zero-order valence-electron chi connectivity index (χ0n) is 11.3. The van der Waals surface area contributed by atoms with Crippen molar-refractivity contribution in [2.45, 2.75) is 31.8 Å². The first-order valence-electron chi connectivity index (χ1n) is 7.15. The fourth-order valence-corrected chi connectivity index (χ4v) is 2.80. The molecule has 19 heavy (non-hydrogen) atoms. The minimum absolute atomic E-state index is 0.409. The molecule has 1 saturated carbocycles. The Morgan fingerprint density at radius 1 is 1.26 bits per heavy atom. The van der Waals surface area contributed by atoms with E-state index in [4.69, 9.17) is 4.74 Å². The molecule has 0 aromatic carbocycles. The number of likely N-dealkylation sites (N-methyl/N-ethyl adjacent to an activating group) is 1. The molecule has 0 spiro atoms. The van der Waals surface area contributed by atoms with Crippen LogP contribution in [0.4, 0.5) is 0 Å². The molecule has 0 saturated heterocycles. The Bertz CT molecular complexity index is 615. The maximum absolute atomic E-state index is 5.77. The van der Waals surface area contributed by atoms with Crippen molar-refractivity contribution in [3.05, 3.63) is 23.4 Å². The molecule has 0 amide bonds. The SMILES string of the molecule is CN1CCc2[nH]c3nc(OC4CC4)ccc3c2CC1. The molecule has 2 aliphatic rings. The van der Waals surface area contributed by atoms with Gasteiger partial charge in [-0.3, -0.25) is 0 Å². The van der Waals surface area contributed by atoms with Crippen LogP contribution < -0.4 is 4.74 Å². The quantitative estimate of drug-likeness (QED) is 0.896. The Hall–Kier alpha value is -1.55. The summed E-state index contributed by atoms with van der Waals surface area (Å²) in [5.41, 5.74) is 3.80. The van der Waals surface area contributed by atoms with Gasteiger partial charge in [0.05, 0.1) is 0 Å². The van der Waals surface area contributed by atoms with Gasteiger partial charge < -0.3 is 14.6 Å². The van der Waals surface area contributed by atoms with Crippen molar-refractivity contribution < 1.29 is 4.74 Å². The summed E-state index contributed by atoms with van der Waals surface area (Å²) in [4.78, 5) is 10.5. The van der Waals surface area contributed by atoms with Gasteiger partial charge in [0.2, 0.25) is 5.88 Å². The summed E-state index contributed by atoms with van der Waals surface area (Å²) in [7, 11) is 2.19. The van der Waals surface area contributed by atoms with Crippen LogP contribution in [0.5, 0.6) is 5.88 Å². The normalized spacial score (nSPS) is 20.3. The number of fused-ring (bicyclic) bond motifs is 3. The molecular weight excluding hydrogens is 238 g/mol. The van der Waals surface area contributed by atoms with E-state index in [-0.39, 0.29) is 0 Å². The van der Waals surface area contributed by atoms with Crippen molar-refractivity contribution in [2.75, 3.05) is 20.1 Å². The van der Waals surface area contributed by atoms with Crippen molar-refractivity contribution in [1.82, 2.24) is 14.9 Å². The van der Waals surface area contributed by atoms with Crippen molar-refractivity contribution in [3.63, 3.8) is 0 Å². The summed E-state index contributed by atoms with van der Waals surface area (Å²) in [6, 6.07) is 4.18. The minimum atomic E-state index is 0.409. The van der Waals surface area contributed by atoms with Gasteiger partial charge in [0.1, 0.15) is 11.8 Å². The third-order valence-corrected chi connectivity index (χ3v) is 4.13. The molecule has 0 radical (unpaired) electrons. The number of nitrogens with one attached hydrogen (secondary N) is 1. The maximum atomic E-state index is 5.77. The molecule has 4 nitrogen and oxygen atoms in total. The lowest BCUT2D eigenvalue weighted by Crippen LogP contribution is -2.21. The van der Waals surface area contributed by atoms with Gasteiger partial charge in [-0.25, -0.2) is 0 Å². The number of aromatic nitrogens is 2. The molecule has 2 aromatic heterocycles. The molecule has 1 fully saturated rings. The average molecular weight is 257 g/mol. The molecule has 100 valence electrons. The van der Waals surface area contributed by atoms with Gasteiger partial charge in [0.15, 0.2) is 0 Å². The largest absolute Gasteiger partial charge is 0.474 e. The van der Waals surface area contributed by atoms with Gasteiger partial charge in [-0.15, -0.1) is 0 Å². The van der Waals surface area contributed by atoms with Gasteiger partial charge in [-0.05, 0) is 37.9 Å². The third-order valence-electron chi connectivity index (χ3n) is 4.13. The molecule has 0 atom stereocenters. The van der Waals surface area contributed by atoms with Crippen LogP contribution in [-0.4, -0.2) is 41.1 Å². The van der Waals surface area contributed by atoms with Gasteiger partial charge in [-0.2, -0.15) is 4.98 Å². The molecule has 0 bridgehead atoms. The Morgan fingerprint density at radius 2 is 2.11 bits per heavy atom. The van der Waals surface area contributed by atoms with Crippen LogP contribution in [0.1, 0.15) is 24.1 Å². The first-order valence-corrected chi connectivity index (χ1v) is 7.15. The van der Waals surface area contributed by atoms with Crippen LogP contribution in [0.2, 0.25) is 0 Å². The fraction of sp³-hybridized carbons (Fsp3) is 0.533. The highest BCUT2D eigenvalue weighted by molar-refractivity contribution is 5.82. The van der Waals surface area contributed by atoms with Crippen LogP contribution in [0.15, 0.2) is 12.1 Å². The van der Waals surface area contributed by atoms with Crippen molar-refractivity contribution in [1.29, 1.82) is 0 Å². The summed E-state index contributed by atoms with van der Waals surface area (Å²) in [6.07, 6.45) is 4.95. The van der Waals surface area contributed by atoms with E-state index in [0.29, 0.717) is 6.10 Å². The number of nitrogens with zero attached hydrogens (tertiary/aromatic N) is 2. The number of ether oxygens (including phenoxy) is 1. The van der Waals surface area contributed by atoms with Crippen molar-refractivity contribution in [3.8, 4) is 5.88 Å². The van der Waals surface area contributed by atoms with Crippen LogP contribution in [0, 0.1) is 0 Å². The monoisotopic (exact) mass is 257 g/mol. The van der Waals surface area contributed by atoms with E-state index in [1.165, 1.54) is 29.5 Å². The Kier molecular flexibility index (Phi) is 2.52. The van der Waals surface area contributed by atoms with E-state index in [1.807, 2.05) is 6.07 Å². The predicted molar refractivity (Wildman–Crippen MR) is 74.6 cm³/mol. The van der Waals surface area contributed by atoms with Crippen molar-refractivity contribution >= 4 is 11.0 Å². The summed E-state index contributed by atoms with van der Waals surface area (Å²) >= 11 is 0. The number of pyridine rings is 1. The van der Waals surface area contributed by atoms with Gasteiger partial charge in [0.25, 0.3) is 0 Å². The van der Waals surface area contributed by atoms with E-state index in [1.54, 1.807) is 0 Å². The molecule has 3 heterocycles. The Labute approximate surface area is 112 Å². The van der Waals surface area contributed by atoms with Crippen molar-refractivity contribution in [2.24, 2.45) is 0 Å². The standard InChI is InChI=1S/C15H19N3O/c1-18-8-6-11-12-4-5-14(19-10-2-3-10)17-15(12)16-13(11)7-9-18/h4-5,10H,2-3,6-9H2,1H3,(H,16,17). The van der Waals surface area contributed by atoms with Gasteiger partial charge in [0, 0.05) is 36.7 Å². The minimum Gasteiger partial charge on any atom is -0.474 e. The molecule has 0 unspecified atom stereocenters. The number of H-pyrrole nitrogens is 1. The molecule has 4 rings (SSSR count). The second-order valence-corrected chi connectivity index (χ2v) is 5.75. The smallest absolute Gasteiger partial charge is 0.215 e. The van der Waals surface area contributed by atoms with E-state index in [2.05, 4.69) is 28.0 Å². The summed E-state index contributed by atoms with van der Waals surface area (Å²) in [5, 5.41) is 1.27. The maximum Gasteiger partial charge on any atom is 0.215 e. The highest BCUT2D eigenvalue weighted by Gasteiger charge is 2.24. The second-order valence-electron chi connectivity index (χ2n) is 5.75. The Morgan fingerprint density at radius 3 is 2.95 bits per heavy atom. The predicted octanol–water partition coefficient (Wildman–Crippen LogP) is 2.13. The molecule has 1 aliphatic carbocycles.